The molecule has 0 saturated carbocycles. The van der Waals surface area contributed by atoms with E-state index in [1.807, 2.05) is 0 Å². The Labute approximate surface area is 136 Å². The Bertz CT molecular complexity index is 783. The molecule has 2 aromatic rings. The normalized spacial score (nSPS) is 11.0. The number of anilines is 1. The van der Waals surface area contributed by atoms with Gasteiger partial charge in [-0.05, 0) is 30.3 Å². The molecule has 9 heteroatoms. The van der Waals surface area contributed by atoms with Crippen LogP contribution in [0.3, 0.4) is 0 Å². The predicted octanol–water partition coefficient (Wildman–Crippen LogP) is 3.00. The van der Waals surface area contributed by atoms with E-state index in [9.17, 15) is 13.2 Å². The van der Waals surface area contributed by atoms with Crippen molar-refractivity contribution in [3.05, 3.63) is 40.2 Å². The Morgan fingerprint density at radius 1 is 1.23 bits per heavy atom. The first kappa shape index (κ1) is 16.6. The molecule has 0 fully saturated rings. The Balaban J connectivity index is 2.28. The highest BCUT2D eigenvalue weighted by atomic mass is 35.5. The number of sulfonamides is 1. The highest BCUT2D eigenvalue weighted by Crippen LogP contribution is 2.32. The van der Waals surface area contributed by atoms with Crippen LogP contribution < -0.4 is 9.46 Å². The smallest absolute Gasteiger partial charge is 0.349 e. The molecular formula is C13H12ClNO5S2. The molecule has 1 aromatic carbocycles. The number of ether oxygens (including phenoxy) is 2. The third-order valence-corrected chi connectivity index (χ3v) is 6.02. The van der Waals surface area contributed by atoms with Crippen molar-refractivity contribution >= 4 is 44.6 Å². The van der Waals surface area contributed by atoms with Crippen LogP contribution in [-0.2, 0) is 14.8 Å². The number of methoxy groups -OCH3 is 2. The fourth-order valence-electron chi connectivity index (χ4n) is 1.58. The summed E-state index contributed by atoms with van der Waals surface area (Å²) in [5.41, 5.74) is 0.366. The van der Waals surface area contributed by atoms with E-state index in [0.29, 0.717) is 11.4 Å². The molecule has 2 rings (SSSR count). The monoisotopic (exact) mass is 361 g/mol. The Hall–Kier alpha value is -1.77. The van der Waals surface area contributed by atoms with Gasteiger partial charge in [0.2, 0.25) is 0 Å². The molecule has 0 amide bonds. The van der Waals surface area contributed by atoms with Gasteiger partial charge in [-0.2, -0.15) is 0 Å². The van der Waals surface area contributed by atoms with Crippen LogP contribution in [0, 0.1) is 0 Å². The van der Waals surface area contributed by atoms with Crippen LogP contribution >= 0.6 is 22.9 Å². The summed E-state index contributed by atoms with van der Waals surface area (Å²) in [7, 11) is -1.13. The third-order valence-electron chi connectivity index (χ3n) is 2.64. The van der Waals surface area contributed by atoms with E-state index < -0.39 is 16.0 Å². The largest absolute Gasteiger partial charge is 0.497 e. The quantitative estimate of drug-likeness (QED) is 0.828. The number of halogens is 1. The molecule has 0 atom stereocenters. The van der Waals surface area contributed by atoms with Crippen molar-refractivity contribution in [1.82, 2.24) is 0 Å². The Kier molecular flexibility index (Phi) is 4.94. The number of rotatable bonds is 5. The van der Waals surface area contributed by atoms with Crippen LogP contribution in [-0.4, -0.2) is 28.6 Å². The van der Waals surface area contributed by atoms with Gasteiger partial charge in [-0.15, -0.1) is 11.3 Å². The molecule has 6 nitrogen and oxygen atoms in total. The van der Waals surface area contributed by atoms with E-state index in [2.05, 4.69) is 9.46 Å². The summed E-state index contributed by atoms with van der Waals surface area (Å²) < 4.78 is 36.4. The lowest BCUT2D eigenvalue weighted by atomic mass is 10.3. The van der Waals surface area contributed by atoms with Crippen molar-refractivity contribution in [2.24, 2.45) is 0 Å². The van der Waals surface area contributed by atoms with Gasteiger partial charge < -0.3 is 9.47 Å². The van der Waals surface area contributed by atoms with E-state index in [0.717, 1.165) is 11.3 Å². The molecule has 118 valence electrons. The second-order valence-electron chi connectivity index (χ2n) is 4.07. The van der Waals surface area contributed by atoms with Gasteiger partial charge in [0.25, 0.3) is 10.0 Å². The average Bonchev–Trinajstić information content (AvgIpc) is 2.90. The lowest BCUT2D eigenvalue weighted by molar-refractivity contribution is 0.0606. The standard InChI is InChI=1S/C13H12ClNO5S2/c1-19-9-5-3-8(4-6-9)15-22(17,18)11-7-10(14)12(21-11)13(16)20-2/h3-7,15H,1-2H3. The van der Waals surface area contributed by atoms with Crippen molar-refractivity contribution in [2.75, 3.05) is 18.9 Å². The SMILES string of the molecule is COC(=O)c1sc(S(=O)(=O)Nc2ccc(OC)cc2)cc1Cl. The van der Waals surface area contributed by atoms with Crippen LogP contribution in [0.15, 0.2) is 34.5 Å². The molecule has 0 aliphatic rings. The molecule has 1 aromatic heterocycles. The highest BCUT2D eigenvalue weighted by Gasteiger charge is 2.23. The summed E-state index contributed by atoms with van der Waals surface area (Å²) in [6, 6.07) is 7.59. The summed E-state index contributed by atoms with van der Waals surface area (Å²) in [6.07, 6.45) is 0. The number of esters is 1. The molecule has 0 aliphatic heterocycles. The van der Waals surface area contributed by atoms with Crippen LogP contribution in [0.4, 0.5) is 5.69 Å². The van der Waals surface area contributed by atoms with E-state index in [1.54, 1.807) is 24.3 Å². The van der Waals surface area contributed by atoms with Gasteiger partial charge in [-0.3, -0.25) is 4.72 Å². The lowest BCUT2D eigenvalue weighted by Gasteiger charge is -2.06. The first-order chi connectivity index (χ1) is 10.4. The van der Waals surface area contributed by atoms with E-state index in [-0.39, 0.29) is 14.1 Å². The van der Waals surface area contributed by atoms with Crippen molar-refractivity contribution in [3.63, 3.8) is 0 Å². The fourth-order valence-corrected chi connectivity index (χ4v) is 4.34. The number of carbonyl (C=O) groups excluding carboxylic acids is 1. The highest BCUT2D eigenvalue weighted by molar-refractivity contribution is 7.94. The number of carbonyl (C=O) groups is 1. The second-order valence-corrected chi connectivity index (χ2v) is 7.44. The minimum absolute atomic E-state index is 0.0342. The Morgan fingerprint density at radius 3 is 2.41 bits per heavy atom. The van der Waals surface area contributed by atoms with Gasteiger partial charge in [0.15, 0.2) is 0 Å². The number of thiophene rings is 1. The van der Waals surface area contributed by atoms with Crippen LogP contribution in [0.5, 0.6) is 5.75 Å². The molecule has 1 N–H and O–H groups in total. The molecule has 0 bridgehead atoms. The molecule has 22 heavy (non-hydrogen) atoms. The fraction of sp³-hybridized carbons (Fsp3) is 0.154. The summed E-state index contributed by atoms with van der Waals surface area (Å²) in [5, 5.41) is 0.0342. The maximum Gasteiger partial charge on any atom is 0.349 e. The number of benzene rings is 1. The van der Waals surface area contributed by atoms with Gasteiger partial charge in [0, 0.05) is 5.69 Å². The van der Waals surface area contributed by atoms with Crippen molar-refractivity contribution in [3.8, 4) is 5.75 Å². The maximum absolute atomic E-state index is 12.3. The van der Waals surface area contributed by atoms with Crippen molar-refractivity contribution < 1.29 is 22.7 Å². The van der Waals surface area contributed by atoms with Crippen molar-refractivity contribution in [1.29, 1.82) is 0 Å². The predicted molar refractivity (Wildman–Crippen MR) is 84.5 cm³/mol. The number of hydrogen-bond donors (Lipinski definition) is 1. The number of nitrogens with one attached hydrogen (secondary N) is 1. The zero-order chi connectivity index (χ0) is 16.3. The molecule has 0 saturated heterocycles. The Morgan fingerprint density at radius 2 is 1.86 bits per heavy atom. The van der Waals surface area contributed by atoms with Gasteiger partial charge in [0.05, 0.1) is 19.2 Å². The van der Waals surface area contributed by atoms with Gasteiger partial charge in [0.1, 0.15) is 14.8 Å². The second kappa shape index (κ2) is 6.55. The van der Waals surface area contributed by atoms with Gasteiger partial charge in [-0.25, -0.2) is 13.2 Å². The van der Waals surface area contributed by atoms with Gasteiger partial charge >= 0.3 is 5.97 Å². The van der Waals surface area contributed by atoms with E-state index in [4.69, 9.17) is 16.3 Å². The lowest BCUT2D eigenvalue weighted by Crippen LogP contribution is -2.11. The van der Waals surface area contributed by atoms with Crippen molar-refractivity contribution in [2.45, 2.75) is 4.21 Å². The molecule has 1 heterocycles. The maximum atomic E-state index is 12.3. The van der Waals surface area contributed by atoms with Crippen LogP contribution in [0.1, 0.15) is 9.67 Å². The molecule has 0 unspecified atom stereocenters. The van der Waals surface area contributed by atoms with E-state index in [1.165, 1.54) is 20.3 Å². The van der Waals surface area contributed by atoms with Gasteiger partial charge in [-0.1, -0.05) is 11.6 Å². The van der Waals surface area contributed by atoms with Crippen LogP contribution in [0.25, 0.3) is 0 Å². The zero-order valence-corrected chi connectivity index (χ0v) is 14.0. The first-order valence-electron chi connectivity index (χ1n) is 5.92. The molecule has 0 spiro atoms. The summed E-state index contributed by atoms with van der Waals surface area (Å²) >= 11 is 6.61. The number of hydrogen-bond acceptors (Lipinski definition) is 6. The molecule has 0 aliphatic carbocycles. The summed E-state index contributed by atoms with van der Waals surface area (Å²) in [4.78, 5) is 11.5. The zero-order valence-electron chi connectivity index (χ0n) is 11.6. The third kappa shape index (κ3) is 3.52. The minimum Gasteiger partial charge on any atom is -0.497 e. The summed E-state index contributed by atoms with van der Waals surface area (Å²) in [6.45, 7) is 0. The van der Waals surface area contributed by atoms with E-state index >= 15 is 0 Å². The minimum atomic E-state index is -3.84. The molecule has 0 radical (unpaired) electrons. The summed E-state index contributed by atoms with van der Waals surface area (Å²) in [5.74, 6) is -0.0732. The molecular weight excluding hydrogens is 350 g/mol. The average molecular weight is 362 g/mol. The van der Waals surface area contributed by atoms with Crippen LogP contribution in [0.2, 0.25) is 5.02 Å². The first-order valence-corrected chi connectivity index (χ1v) is 8.59. The topological polar surface area (TPSA) is 81.7 Å².